The molecule has 0 bridgehead atoms. The van der Waals surface area contributed by atoms with Crippen LogP contribution in [-0.4, -0.2) is 25.7 Å². The Kier molecular flexibility index (Phi) is 8.07. The van der Waals surface area contributed by atoms with E-state index in [9.17, 15) is 13.5 Å². The van der Waals surface area contributed by atoms with Gasteiger partial charge in [0.1, 0.15) is 4.21 Å². The number of allylic oxidation sites excluding steroid dienone is 1. The second-order valence-electron chi connectivity index (χ2n) is 5.27. The fraction of sp³-hybridized carbons (Fsp3) is 0.600. The van der Waals surface area contributed by atoms with Crippen molar-refractivity contribution >= 4 is 33.0 Å². The van der Waals surface area contributed by atoms with E-state index in [1.165, 1.54) is 6.07 Å². The van der Waals surface area contributed by atoms with Crippen LogP contribution in [0.25, 0.3) is 0 Å². The average molecular weight is 366 g/mol. The SMILES string of the molecule is CCC=CCC(O)[C@H](NS(=O)(=O)c1ccc(Cl)s1)[C@@H](C)CC. The minimum absolute atomic E-state index is 0.0234. The molecule has 3 atom stereocenters. The molecular weight excluding hydrogens is 342 g/mol. The van der Waals surface area contributed by atoms with Crippen molar-refractivity contribution in [1.29, 1.82) is 0 Å². The summed E-state index contributed by atoms with van der Waals surface area (Å²) in [7, 11) is -3.67. The van der Waals surface area contributed by atoms with Crippen molar-refractivity contribution in [3.63, 3.8) is 0 Å². The van der Waals surface area contributed by atoms with Gasteiger partial charge in [-0.15, -0.1) is 11.3 Å². The van der Waals surface area contributed by atoms with Gasteiger partial charge < -0.3 is 5.11 Å². The number of nitrogens with one attached hydrogen (secondary N) is 1. The maximum atomic E-state index is 12.4. The quantitative estimate of drug-likeness (QED) is 0.654. The van der Waals surface area contributed by atoms with Crippen LogP contribution in [0.15, 0.2) is 28.5 Å². The molecular formula is C15H24ClNO3S2. The molecule has 1 heterocycles. The van der Waals surface area contributed by atoms with Gasteiger partial charge in [0.25, 0.3) is 0 Å². The van der Waals surface area contributed by atoms with E-state index in [-0.39, 0.29) is 10.1 Å². The average Bonchev–Trinajstić information content (AvgIpc) is 2.91. The van der Waals surface area contributed by atoms with Crippen molar-refractivity contribution in [2.24, 2.45) is 5.92 Å². The predicted octanol–water partition coefficient (Wildman–Crippen LogP) is 3.81. The van der Waals surface area contributed by atoms with Crippen LogP contribution >= 0.6 is 22.9 Å². The van der Waals surface area contributed by atoms with Crippen LogP contribution in [-0.2, 0) is 10.0 Å². The van der Waals surface area contributed by atoms with Gasteiger partial charge in [-0.2, -0.15) is 0 Å². The van der Waals surface area contributed by atoms with Crippen LogP contribution in [0, 0.1) is 5.92 Å². The van der Waals surface area contributed by atoms with Gasteiger partial charge in [0, 0.05) is 0 Å². The molecule has 0 spiro atoms. The first-order valence-corrected chi connectivity index (χ1v) is 10.1. The first-order chi connectivity index (χ1) is 10.3. The van der Waals surface area contributed by atoms with Crippen LogP contribution in [0.5, 0.6) is 0 Å². The van der Waals surface area contributed by atoms with Gasteiger partial charge in [-0.25, -0.2) is 13.1 Å². The zero-order valence-corrected chi connectivity index (χ0v) is 15.5. The number of rotatable bonds is 9. The van der Waals surface area contributed by atoms with Crippen molar-refractivity contribution in [3.05, 3.63) is 28.6 Å². The summed E-state index contributed by atoms with van der Waals surface area (Å²) in [4.78, 5) is 0. The van der Waals surface area contributed by atoms with E-state index >= 15 is 0 Å². The summed E-state index contributed by atoms with van der Waals surface area (Å²) in [5, 5.41) is 10.4. The molecule has 126 valence electrons. The summed E-state index contributed by atoms with van der Waals surface area (Å²) in [6, 6.07) is 2.50. The third kappa shape index (κ3) is 5.66. The molecule has 22 heavy (non-hydrogen) atoms. The molecule has 0 fully saturated rings. The molecule has 0 saturated heterocycles. The lowest BCUT2D eigenvalue weighted by Gasteiger charge is -2.28. The van der Waals surface area contributed by atoms with E-state index in [4.69, 9.17) is 11.6 Å². The molecule has 1 aromatic rings. The van der Waals surface area contributed by atoms with Crippen LogP contribution in [0.2, 0.25) is 4.34 Å². The molecule has 0 aliphatic carbocycles. The first kappa shape index (κ1) is 19.6. The third-order valence-electron chi connectivity index (χ3n) is 3.56. The Labute approximate surface area is 142 Å². The Balaban J connectivity index is 2.91. The van der Waals surface area contributed by atoms with Crippen molar-refractivity contribution in [3.8, 4) is 0 Å². The Morgan fingerprint density at radius 2 is 2.05 bits per heavy atom. The van der Waals surface area contributed by atoms with Gasteiger partial charge in [0.15, 0.2) is 0 Å². The van der Waals surface area contributed by atoms with E-state index in [0.29, 0.717) is 10.8 Å². The van der Waals surface area contributed by atoms with Gasteiger partial charge in [-0.05, 0) is 30.9 Å². The zero-order chi connectivity index (χ0) is 16.8. The molecule has 0 amide bonds. The highest BCUT2D eigenvalue weighted by molar-refractivity contribution is 7.91. The van der Waals surface area contributed by atoms with Crippen molar-refractivity contribution in [1.82, 2.24) is 4.72 Å². The minimum atomic E-state index is -3.67. The number of sulfonamides is 1. The molecule has 0 aliphatic heterocycles. The lowest BCUT2D eigenvalue weighted by atomic mass is 9.93. The second kappa shape index (κ2) is 9.03. The summed E-state index contributed by atoms with van der Waals surface area (Å²) in [5.41, 5.74) is 0. The molecule has 7 heteroatoms. The largest absolute Gasteiger partial charge is 0.391 e. The molecule has 1 unspecified atom stereocenters. The van der Waals surface area contributed by atoms with Crippen LogP contribution in [0.4, 0.5) is 0 Å². The van der Waals surface area contributed by atoms with Gasteiger partial charge in [0.2, 0.25) is 10.0 Å². The summed E-state index contributed by atoms with van der Waals surface area (Å²) in [6.45, 7) is 5.92. The highest BCUT2D eigenvalue weighted by Crippen LogP contribution is 2.26. The maximum absolute atomic E-state index is 12.4. The Morgan fingerprint density at radius 3 is 2.55 bits per heavy atom. The summed E-state index contributed by atoms with van der Waals surface area (Å²) >= 11 is 6.82. The van der Waals surface area contributed by atoms with Crippen LogP contribution in [0.1, 0.15) is 40.0 Å². The lowest BCUT2D eigenvalue weighted by molar-refractivity contribution is 0.114. The Bertz CT molecular complexity index is 583. The van der Waals surface area contributed by atoms with E-state index in [2.05, 4.69) is 4.72 Å². The van der Waals surface area contributed by atoms with Crippen molar-refractivity contribution in [2.45, 2.75) is 56.4 Å². The Hall–Kier alpha value is -0.400. The number of hydrogen-bond donors (Lipinski definition) is 2. The molecule has 0 radical (unpaired) electrons. The smallest absolute Gasteiger partial charge is 0.250 e. The summed E-state index contributed by atoms with van der Waals surface area (Å²) in [6.07, 6.45) is 5.17. The molecule has 2 N–H and O–H groups in total. The topological polar surface area (TPSA) is 66.4 Å². The number of hydrogen-bond acceptors (Lipinski definition) is 4. The maximum Gasteiger partial charge on any atom is 0.250 e. The van der Waals surface area contributed by atoms with E-state index in [1.54, 1.807) is 6.07 Å². The molecule has 0 saturated carbocycles. The molecule has 1 rings (SSSR count). The van der Waals surface area contributed by atoms with Crippen molar-refractivity contribution in [2.75, 3.05) is 0 Å². The van der Waals surface area contributed by atoms with E-state index in [0.717, 1.165) is 24.2 Å². The normalized spacial score (nSPS) is 16.8. The monoisotopic (exact) mass is 365 g/mol. The number of aliphatic hydroxyl groups excluding tert-OH is 1. The molecule has 0 aromatic carbocycles. The Morgan fingerprint density at radius 1 is 1.36 bits per heavy atom. The zero-order valence-electron chi connectivity index (χ0n) is 13.1. The lowest BCUT2D eigenvalue weighted by Crippen LogP contribution is -2.47. The second-order valence-corrected chi connectivity index (χ2v) is 8.93. The van der Waals surface area contributed by atoms with Crippen molar-refractivity contribution < 1.29 is 13.5 Å². The van der Waals surface area contributed by atoms with Gasteiger partial charge in [-0.1, -0.05) is 50.9 Å². The molecule has 4 nitrogen and oxygen atoms in total. The van der Waals surface area contributed by atoms with Gasteiger partial charge >= 0.3 is 0 Å². The fourth-order valence-electron chi connectivity index (χ4n) is 2.06. The predicted molar refractivity (Wildman–Crippen MR) is 92.9 cm³/mol. The van der Waals surface area contributed by atoms with Crippen LogP contribution < -0.4 is 4.72 Å². The van der Waals surface area contributed by atoms with E-state index in [1.807, 2.05) is 32.9 Å². The minimum Gasteiger partial charge on any atom is -0.391 e. The molecule has 0 aliphatic rings. The number of thiophene rings is 1. The standard InChI is InChI=1S/C15H24ClNO3S2/c1-4-6-7-8-12(18)15(11(3)5-2)17-22(19,20)14-10-9-13(16)21-14/h6-7,9-12,15,17-18H,4-5,8H2,1-3H3/t11-,12?,15+/m0/s1. The molecule has 1 aromatic heterocycles. The highest BCUT2D eigenvalue weighted by Gasteiger charge is 2.29. The summed E-state index contributed by atoms with van der Waals surface area (Å²) < 4.78 is 28.1. The highest BCUT2D eigenvalue weighted by atomic mass is 35.5. The summed E-state index contributed by atoms with van der Waals surface area (Å²) in [5.74, 6) is 0.0234. The third-order valence-corrected chi connectivity index (χ3v) is 6.74. The van der Waals surface area contributed by atoms with E-state index < -0.39 is 22.2 Å². The van der Waals surface area contributed by atoms with Gasteiger partial charge in [-0.3, -0.25) is 0 Å². The number of halogens is 1. The van der Waals surface area contributed by atoms with Crippen LogP contribution in [0.3, 0.4) is 0 Å². The first-order valence-electron chi connectivity index (χ1n) is 7.42. The number of aliphatic hydroxyl groups is 1. The fourth-order valence-corrected chi connectivity index (χ4v) is 4.93. The van der Waals surface area contributed by atoms with Gasteiger partial charge in [0.05, 0.1) is 16.5 Å².